The lowest BCUT2D eigenvalue weighted by Crippen LogP contribution is -2.05. The Hall–Kier alpha value is -2.95. The summed E-state index contributed by atoms with van der Waals surface area (Å²) in [4.78, 5) is 0. The fourth-order valence-electron chi connectivity index (χ4n) is 2.26. The van der Waals surface area contributed by atoms with Gasteiger partial charge in [0, 0.05) is 18.5 Å². The predicted molar refractivity (Wildman–Crippen MR) is 91.7 cm³/mol. The van der Waals surface area contributed by atoms with Crippen molar-refractivity contribution in [2.24, 2.45) is 0 Å². The van der Waals surface area contributed by atoms with Crippen molar-refractivity contribution in [3.63, 3.8) is 0 Å². The Bertz CT molecular complexity index is 746. The van der Waals surface area contributed by atoms with E-state index >= 15 is 0 Å². The summed E-state index contributed by atoms with van der Waals surface area (Å²) in [7, 11) is 1.64. The molecule has 24 heavy (non-hydrogen) atoms. The van der Waals surface area contributed by atoms with Gasteiger partial charge < -0.3 is 14.2 Å². The number of methoxy groups -OCH3 is 1. The van der Waals surface area contributed by atoms with Crippen LogP contribution in [0.1, 0.15) is 6.42 Å². The molecule has 5 heteroatoms. The van der Waals surface area contributed by atoms with Crippen LogP contribution in [0.15, 0.2) is 78.5 Å². The zero-order chi connectivity index (χ0) is 16.6. The summed E-state index contributed by atoms with van der Waals surface area (Å²) < 4.78 is 18.7. The molecule has 3 rings (SSSR count). The third-order valence-corrected chi connectivity index (χ3v) is 3.48. The SMILES string of the molecule is COc1cccc(OC2=CCC=C(OCCn3cccn3)C=C2)c1. The summed E-state index contributed by atoms with van der Waals surface area (Å²) in [6.45, 7) is 1.29. The second-order valence-electron chi connectivity index (χ2n) is 5.18. The third-order valence-electron chi connectivity index (χ3n) is 3.48. The van der Waals surface area contributed by atoms with E-state index in [-0.39, 0.29) is 0 Å². The minimum absolute atomic E-state index is 0.573. The van der Waals surface area contributed by atoms with Crippen molar-refractivity contribution >= 4 is 0 Å². The molecule has 1 aliphatic carbocycles. The Morgan fingerprint density at radius 3 is 2.75 bits per heavy atom. The highest BCUT2D eigenvalue weighted by Gasteiger charge is 2.04. The Labute approximate surface area is 141 Å². The standard InChI is InChI=1S/C19H20N2O3/c1-22-18-7-3-8-19(15-18)24-17-6-2-5-16(9-10-17)23-14-13-21-12-4-11-20-21/h3-12,15H,2,13-14H2,1H3. The highest BCUT2D eigenvalue weighted by Crippen LogP contribution is 2.22. The van der Waals surface area contributed by atoms with Gasteiger partial charge in [0.25, 0.3) is 0 Å². The smallest absolute Gasteiger partial charge is 0.131 e. The molecule has 1 aliphatic rings. The van der Waals surface area contributed by atoms with E-state index in [0.29, 0.717) is 6.61 Å². The zero-order valence-corrected chi connectivity index (χ0v) is 13.6. The monoisotopic (exact) mass is 324 g/mol. The fourth-order valence-corrected chi connectivity index (χ4v) is 2.26. The number of rotatable bonds is 7. The van der Waals surface area contributed by atoms with Gasteiger partial charge in [0.2, 0.25) is 0 Å². The van der Waals surface area contributed by atoms with Gasteiger partial charge in [-0.15, -0.1) is 0 Å². The first-order chi connectivity index (χ1) is 11.8. The predicted octanol–water partition coefficient (Wildman–Crippen LogP) is 3.72. The van der Waals surface area contributed by atoms with Crippen molar-refractivity contribution in [3.8, 4) is 11.5 Å². The molecule has 1 aromatic carbocycles. The van der Waals surface area contributed by atoms with E-state index in [4.69, 9.17) is 14.2 Å². The molecule has 0 aliphatic heterocycles. The van der Waals surface area contributed by atoms with Crippen molar-refractivity contribution < 1.29 is 14.2 Å². The van der Waals surface area contributed by atoms with E-state index in [1.54, 1.807) is 13.3 Å². The van der Waals surface area contributed by atoms with E-state index in [2.05, 4.69) is 5.10 Å². The first kappa shape index (κ1) is 15.9. The van der Waals surface area contributed by atoms with Gasteiger partial charge in [-0.25, -0.2) is 0 Å². The van der Waals surface area contributed by atoms with E-state index in [1.807, 2.05) is 65.5 Å². The van der Waals surface area contributed by atoms with Crippen LogP contribution in [0.4, 0.5) is 0 Å². The Morgan fingerprint density at radius 2 is 1.92 bits per heavy atom. The number of nitrogens with zero attached hydrogens (tertiary/aromatic N) is 2. The summed E-state index contributed by atoms with van der Waals surface area (Å²) in [5.41, 5.74) is 0. The van der Waals surface area contributed by atoms with E-state index in [0.717, 1.165) is 36.0 Å². The molecule has 1 heterocycles. The lowest BCUT2D eigenvalue weighted by Gasteiger charge is -2.08. The number of allylic oxidation sites excluding steroid dienone is 4. The maximum absolute atomic E-state index is 5.88. The summed E-state index contributed by atoms with van der Waals surface area (Å²) in [5, 5.41) is 4.15. The van der Waals surface area contributed by atoms with Crippen LogP contribution < -0.4 is 9.47 Å². The van der Waals surface area contributed by atoms with E-state index in [9.17, 15) is 0 Å². The van der Waals surface area contributed by atoms with Crippen LogP contribution in [-0.2, 0) is 11.3 Å². The molecule has 0 radical (unpaired) electrons. The Balaban J connectivity index is 1.52. The second kappa shape index (κ2) is 8.06. The van der Waals surface area contributed by atoms with Crippen LogP contribution in [0.2, 0.25) is 0 Å². The first-order valence-electron chi connectivity index (χ1n) is 7.84. The molecule has 0 fully saturated rings. The summed E-state index contributed by atoms with van der Waals surface area (Å²) in [6.07, 6.45) is 12.3. The molecule has 0 bridgehead atoms. The molecule has 0 N–H and O–H groups in total. The third kappa shape index (κ3) is 4.52. The van der Waals surface area contributed by atoms with Gasteiger partial charge in [0.15, 0.2) is 0 Å². The van der Waals surface area contributed by atoms with Crippen molar-refractivity contribution in [2.45, 2.75) is 13.0 Å². The average Bonchev–Trinajstić information content (AvgIpc) is 3.03. The molecular formula is C19H20N2O3. The van der Waals surface area contributed by atoms with Gasteiger partial charge in [-0.05, 0) is 48.9 Å². The average molecular weight is 324 g/mol. The zero-order valence-electron chi connectivity index (χ0n) is 13.6. The van der Waals surface area contributed by atoms with Crippen LogP contribution in [-0.4, -0.2) is 23.5 Å². The Kier molecular flexibility index (Phi) is 5.35. The number of hydrogen-bond donors (Lipinski definition) is 0. The second-order valence-corrected chi connectivity index (χ2v) is 5.18. The van der Waals surface area contributed by atoms with Crippen molar-refractivity contribution in [1.82, 2.24) is 9.78 Å². The van der Waals surface area contributed by atoms with Crippen LogP contribution in [0.3, 0.4) is 0 Å². The largest absolute Gasteiger partial charge is 0.497 e. The van der Waals surface area contributed by atoms with Crippen molar-refractivity contribution in [2.75, 3.05) is 13.7 Å². The molecule has 124 valence electrons. The highest BCUT2D eigenvalue weighted by atomic mass is 16.5. The van der Waals surface area contributed by atoms with E-state index in [1.165, 1.54) is 0 Å². The fraction of sp³-hybridized carbons (Fsp3) is 0.211. The summed E-state index contributed by atoms with van der Waals surface area (Å²) >= 11 is 0. The Morgan fingerprint density at radius 1 is 1.08 bits per heavy atom. The van der Waals surface area contributed by atoms with Crippen LogP contribution >= 0.6 is 0 Å². The van der Waals surface area contributed by atoms with Crippen molar-refractivity contribution in [3.05, 3.63) is 78.5 Å². The summed E-state index contributed by atoms with van der Waals surface area (Å²) in [5.74, 6) is 3.13. The lowest BCUT2D eigenvalue weighted by atomic mass is 10.3. The van der Waals surface area contributed by atoms with Crippen LogP contribution in [0.5, 0.6) is 11.5 Å². The van der Waals surface area contributed by atoms with Crippen LogP contribution in [0.25, 0.3) is 0 Å². The molecule has 0 unspecified atom stereocenters. The van der Waals surface area contributed by atoms with Gasteiger partial charge in [-0.1, -0.05) is 6.07 Å². The number of benzene rings is 1. The van der Waals surface area contributed by atoms with Gasteiger partial charge in [0.05, 0.1) is 13.7 Å². The topological polar surface area (TPSA) is 45.5 Å². The van der Waals surface area contributed by atoms with E-state index < -0.39 is 0 Å². The molecule has 0 spiro atoms. The molecule has 0 amide bonds. The van der Waals surface area contributed by atoms with Gasteiger partial charge in [-0.2, -0.15) is 5.10 Å². The number of ether oxygens (including phenoxy) is 3. The van der Waals surface area contributed by atoms with Gasteiger partial charge in [0.1, 0.15) is 29.6 Å². The molecule has 0 saturated carbocycles. The van der Waals surface area contributed by atoms with Crippen molar-refractivity contribution in [1.29, 1.82) is 0 Å². The van der Waals surface area contributed by atoms with Crippen LogP contribution in [0, 0.1) is 0 Å². The normalized spacial score (nSPS) is 13.7. The van der Waals surface area contributed by atoms with Gasteiger partial charge in [-0.3, -0.25) is 4.68 Å². The number of aromatic nitrogens is 2. The highest BCUT2D eigenvalue weighted by molar-refractivity contribution is 5.36. The molecule has 0 atom stereocenters. The maximum Gasteiger partial charge on any atom is 0.131 e. The maximum atomic E-state index is 5.88. The summed E-state index contributed by atoms with van der Waals surface area (Å²) in [6, 6.07) is 9.44. The minimum atomic E-state index is 0.573. The minimum Gasteiger partial charge on any atom is -0.497 e. The number of hydrogen-bond acceptors (Lipinski definition) is 4. The molecule has 1 aromatic heterocycles. The molecule has 2 aromatic rings. The van der Waals surface area contributed by atoms with Gasteiger partial charge >= 0.3 is 0 Å². The first-order valence-corrected chi connectivity index (χ1v) is 7.84. The molecule has 0 saturated heterocycles. The molecular weight excluding hydrogens is 304 g/mol. The quantitative estimate of drug-likeness (QED) is 0.779. The molecule has 5 nitrogen and oxygen atoms in total. The lowest BCUT2D eigenvalue weighted by molar-refractivity contribution is 0.207.